The van der Waals surface area contributed by atoms with Crippen LogP contribution >= 0.6 is 11.3 Å². The zero-order valence-electron chi connectivity index (χ0n) is 11.9. The SMILES string of the molecule is CC(C)NC(=O)c1csc(NC(=O)Cc2ccccc2)n1. The van der Waals surface area contributed by atoms with Gasteiger partial charge >= 0.3 is 0 Å². The van der Waals surface area contributed by atoms with Gasteiger partial charge in [0.25, 0.3) is 5.91 Å². The molecule has 2 amide bonds. The van der Waals surface area contributed by atoms with Gasteiger partial charge in [-0.3, -0.25) is 9.59 Å². The molecule has 0 atom stereocenters. The fourth-order valence-electron chi connectivity index (χ4n) is 1.72. The molecule has 2 rings (SSSR count). The van der Waals surface area contributed by atoms with Gasteiger partial charge in [0.05, 0.1) is 6.42 Å². The van der Waals surface area contributed by atoms with Crippen molar-refractivity contribution in [3.05, 3.63) is 47.0 Å². The second kappa shape index (κ2) is 6.99. The van der Waals surface area contributed by atoms with Crippen molar-refractivity contribution < 1.29 is 9.59 Å². The summed E-state index contributed by atoms with van der Waals surface area (Å²) in [6, 6.07) is 9.52. The van der Waals surface area contributed by atoms with Crippen LogP contribution in [-0.4, -0.2) is 22.8 Å². The third-order valence-electron chi connectivity index (χ3n) is 2.61. The van der Waals surface area contributed by atoms with Gasteiger partial charge in [-0.1, -0.05) is 30.3 Å². The molecule has 2 aromatic rings. The summed E-state index contributed by atoms with van der Waals surface area (Å²) in [6.07, 6.45) is 0.286. The summed E-state index contributed by atoms with van der Waals surface area (Å²) in [5, 5.41) is 7.54. The van der Waals surface area contributed by atoms with Crippen LogP contribution in [-0.2, 0) is 11.2 Å². The standard InChI is InChI=1S/C15H17N3O2S/c1-10(2)16-14(20)12-9-21-15(17-12)18-13(19)8-11-6-4-3-5-7-11/h3-7,9-10H,8H2,1-2H3,(H,16,20)(H,17,18,19). The highest BCUT2D eigenvalue weighted by atomic mass is 32.1. The number of carbonyl (C=O) groups is 2. The van der Waals surface area contributed by atoms with Crippen LogP contribution in [0.25, 0.3) is 0 Å². The first kappa shape index (κ1) is 15.2. The van der Waals surface area contributed by atoms with Crippen molar-refractivity contribution in [1.29, 1.82) is 0 Å². The van der Waals surface area contributed by atoms with E-state index in [1.54, 1.807) is 5.38 Å². The van der Waals surface area contributed by atoms with Crippen molar-refractivity contribution in [3.8, 4) is 0 Å². The third-order valence-corrected chi connectivity index (χ3v) is 3.37. The summed E-state index contributed by atoms with van der Waals surface area (Å²) in [7, 11) is 0. The normalized spacial score (nSPS) is 10.4. The maximum atomic E-state index is 11.9. The van der Waals surface area contributed by atoms with Gasteiger partial charge in [-0.2, -0.15) is 0 Å². The zero-order chi connectivity index (χ0) is 15.2. The molecule has 0 aliphatic carbocycles. The minimum atomic E-state index is -0.232. The van der Waals surface area contributed by atoms with E-state index in [2.05, 4.69) is 15.6 Å². The summed E-state index contributed by atoms with van der Waals surface area (Å²) in [5.41, 5.74) is 1.26. The second-order valence-corrected chi connectivity index (χ2v) is 5.73. The average molecular weight is 303 g/mol. The number of thiazole rings is 1. The number of hydrogen-bond donors (Lipinski definition) is 2. The van der Waals surface area contributed by atoms with E-state index in [1.165, 1.54) is 11.3 Å². The molecule has 1 aromatic carbocycles. The Balaban J connectivity index is 1.93. The first-order valence-electron chi connectivity index (χ1n) is 6.65. The Labute approximate surface area is 127 Å². The number of carbonyl (C=O) groups excluding carboxylic acids is 2. The molecule has 0 radical (unpaired) electrons. The molecule has 0 unspecified atom stereocenters. The van der Waals surface area contributed by atoms with E-state index in [9.17, 15) is 9.59 Å². The lowest BCUT2D eigenvalue weighted by atomic mass is 10.1. The monoisotopic (exact) mass is 303 g/mol. The summed E-state index contributed by atoms with van der Waals surface area (Å²) in [4.78, 5) is 27.8. The molecular formula is C15H17N3O2S. The molecule has 1 aromatic heterocycles. The van der Waals surface area contributed by atoms with E-state index in [0.29, 0.717) is 10.8 Å². The predicted octanol–water partition coefficient (Wildman–Crippen LogP) is 2.46. The van der Waals surface area contributed by atoms with Crippen LogP contribution in [0.5, 0.6) is 0 Å². The number of aromatic nitrogens is 1. The lowest BCUT2D eigenvalue weighted by Crippen LogP contribution is -2.30. The summed E-state index contributed by atoms with van der Waals surface area (Å²) in [6.45, 7) is 3.76. The molecule has 0 bridgehead atoms. The third kappa shape index (κ3) is 4.68. The van der Waals surface area contributed by atoms with Crippen LogP contribution in [0.1, 0.15) is 29.9 Å². The molecule has 0 saturated carbocycles. The number of amides is 2. The number of benzene rings is 1. The molecule has 0 saturated heterocycles. The van der Waals surface area contributed by atoms with Crippen LogP contribution in [0.3, 0.4) is 0 Å². The van der Waals surface area contributed by atoms with E-state index >= 15 is 0 Å². The van der Waals surface area contributed by atoms with E-state index in [-0.39, 0.29) is 24.3 Å². The zero-order valence-corrected chi connectivity index (χ0v) is 12.7. The largest absolute Gasteiger partial charge is 0.349 e. The molecule has 5 nitrogen and oxygen atoms in total. The summed E-state index contributed by atoms with van der Waals surface area (Å²) >= 11 is 1.24. The van der Waals surface area contributed by atoms with Crippen LogP contribution in [0, 0.1) is 0 Å². The number of anilines is 1. The Hall–Kier alpha value is -2.21. The molecular weight excluding hydrogens is 286 g/mol. The van der Waals surface area contributed by atoms with Gasteiger partial charge in [-0.05, 0) is 19.4 Å². The van der Waals surface area contributed by atoms with Gasteiger partial charge in [0, 0.05) is 11.4 Å². The molecule has 0 aliphatic heterocycles. The van der Waals surface area contributed by atoms with E-state index in [1.807, 2.05) is 44.2 Å². The summed E-state index contributed by atoms with van der Waals surface area (Å²) in [5.74, 6) is -0.379. The van der Waals surface area contributed by atoms with Crippen molar-refractivity contribution in [2.45, 2.75) is 26.3 Å². The second-order valence-electron chi connectivity index (χ2n) is 4.88. The van der Waals surface area contributed by atoms with Crippen LogP contribution in [0.15, 0.2) is 35.7 Å². The van der Waals surface area contributed by atoms with Gasteiger partial charge in [0.1, 0.15) is 5.69 Å². The molecule has 110 valence electrons. The molecule has 2 N–H and O–H groups in total. The smallest absolute Gasteiger partial charge is 0.271 e. The summed E-state index contributed by atoms with van der Waals surface area (Å²) < 4.78 is 0. The van der Waals surface area contributed by atoms with Gasteiger partial charge in [-0.25, -0.2) is 4.98 Å². The van der Waals surface area contributed by atoms with Crippen molar-refractivity contribution in [2.75, 3.05) is 5.32 Å². The number of rotatable bonds is 5. The Bertz CT molecular complexity index is 623. The quantitative estimate of drug-likeness (QED) is 0.891. The van der Waals surface area contributed by atoms with Crippen LogP contribution in [0.4, 0.5) is 5.13 Å². The average Bonchev–Trinajstić information content (AvgIpc) is 2.87. The molecule has 0 aliphatic rings. The Kier molecular flexibility index (Phi) is 5.05. The molecule has 0 spiro atoms. The highest BCUT2D eigenvalue weighted by Crippen LogP contribution is 2.16. The maximum absolute atomic E-state index is 11.9. The lowest BCUT2D eigenvalue weighted by Gasteiger charge is -2.05. The van der Waals surface area contributed by atoms with Crippen molar-refractivity contribution >= 4 is 28.3 Å². The van der Waals surface area contributed by atoms with Gasteiger partial charge in [0.2, 0.25) is 5.91 Å². The maximum Gasteiger partial charge on any atom is 0.271 e. The lowest BCUT2D eigenvalue weighted by molar-refractivity contribution is -0.115. The topological polar surface area (TPSA) is 71.1 Å². The molecule has 21 heavy (non-hydrogen) atoms. The van der Waals surface area contributed by atoms with Gasteiger partial charge in [-0.15, -0.1) is 11.3 Å². The number of hydrogen-bond acceptors (Lipinski definition) is 4. The van der Waals surface area contributed by atoms with Crippen molar-refractivity contribution in [1.82, 2.24) is 10.3 Å². The Morgan fingerprint density at radius 3 is 2.62 bits per heavy atom. The molecule has 6 heteroatoms. The Morgan fingerprint density at radius 1 is 1.24 bits per heavy atom. The minimum absolute atomic E-state index is 0.0512. The predicted molar refractivity (Wildman–Crippen MR) is 83.5 cm³/mol. The fourth-order valence-corrected chi connectivity index (χ4v) is 2.42. The number of nitrogens with zero attached hydrogens (tertiary/aromatic N) is 1. The highest BCUT2D eigenvalue weighted by Gasteiger charge is 2.13. The molecule has 0 fully saturated rings. The van der Waals surface area contributed by atoms with E-state index in [4.69, 9.17) is 0 Å². The van der Waals surface area contributed by atoms with E-state index < -0.39 is 0 Å². The van der Waals surface area contributed by atoms with Gasteiger partial charge in [0.15, 0.2) is 5.13 Å². The van der Waals surface area contributed by atoms with Crippen molar-refractivity contribution in [3.63, 3.8) is 0 Å². The van der Waals surface area contributed by atoms with Crippen LogP contribution in [0.2, 0.25) is 0 Å². The van der Waals surface area contributed by atoms with Crippen molar-refractivity contribution in [2.24, 2.45) is 0 Å². The first-order chi connectivity index (χ1) is 10.0. The fraction of sp³-hybridized carbons (Fsp3) is 0.267. The molecule has 1 heterocycles. The first-order valence-corrected chi connectivity index (χ1v) is 7.52. The minimum Gasteiger partial charge on any atom is -0.349 e. The number of nitrogens with one attached hydrogen (secondary N) is 2. The van der Waals surface area contributed by atoms with E-state index in [0.717, 1.165) is 5.56 Å². The van der Waals surface area contributed by atoms with Gasteiger partial charge < -0.3 is 10.6 Å². The van der Waals surface area contributed by atoms with Crippen LogP contribution < -0.4 is 10.6 Å². The highest BCUT2D eigenvalue weighted by molar-refractivity contribution is 7.14. The Morgan fingerprint density at radius 2 is 1.95 bits per heavy atom.